The van der Waals surface area contributed by atoms with Crippen LogP contribution in [-0.2, 0) is 11.2 Å². The molecule has 0 atom stereocenters. The number of nitrogens with one attached hydrogen (secondary N) is 1. The van der Waals surface area contributed by atoms with Crippen LogP contribution in [-0.4, -0.2) is 31.3 Å². The summed E-state index contributed by atoms with van der Waals surface area (Å²) in [6.07, 6.45) is 0.318. The molecular formula is C14H21NO3. The first kappa shape index (κ1) is 14.5. The average Bonchev–Trinajstić information content (AvgIpc) is 2.37. The zero-order valence-electron chi connectivity index (χ0n) is 11.2. The van der Waals surface area contributed by atoms with E-state index < -0.39 is 0 Å². The molecule has 0 spiro atoms. The van der Waals surface area contributed by atoms with Crippen molar-refractivity contribution in [3.05, 3.63) is 29.8 Å². The first-order chi connectivity index (χ1) is 8.46. The summed E-state index contributed by atoms with van der Waals surface area (Å²) in [6, 6.07) is 7.44. The van der Waals surface area contributed by atoms with Gasteiger partial charge in [0.1, 0.15) is 5.75 Å². The van der Waals surface area contributed by atoms with E-state index in [1.54, 1.807) is 7.11 Å². The Kier molecular flexibility index (Phi) is 5.16. The number of aliphatic hydroxyl groups is 1. The van der Waals surface area contributed by atoms with Crippen LogP contribution in [0.4, 0.5) is 0 Å². The minimum absolute atomic E-state index is 0.0481. The Bertz CT molecular complexity index is 402. The van der Waals surface area contributed by atoms with Crippen molar-refractivity contribution in [1.82, 2.24) is 5.32 Å². The first-order valence-electron chi connectivity index (χ1n) is 5.97. The number of ether oxygens (including phenoxy) is 1. The highest BCUT2D eigenvalue weighted by Gasteiger charge is 2.17. The van der Waals surface area contributed by atoms with Crippen molar-refractivity contribution in [2.24, 2.45) is 5.41 Å². The molecule has 0 saturated carbocycles. The molecule has 1 aromatic rings. The van der Waals surface area contributed by atoms with Gasteiger partial charge in [-0.3, -0.25) is 4.79 Å². The SMILES string of the molecule is COc1cccc(CC(=O)NCC(C)(C)CO)c1. The van der Waals surface area contributed by atoms with Crippen LogP contribution >= 0.6 is 0 Å². The number of hydrogen-bond acceptors (Lipinski definition) is 3. The molecule has 0 aromatic heterocycles. The Hall–Kier alpha value is -1.55. The van der Waals surface area contributed by atoms with E-state index >= 15 is 0 Å². The summed E-state index contributed by atoms with van der Waals surface area (Å²) >= 11 is 0. The number of carbonyl (C=O) groups is 1. The molecule has 0 heterocycles. The lowest BCUT2D eigenvalue weighted by Crippen LogP contribution is -2.36. The molecule has 0 unspecified atom stereocenters. The second-order valence-electron chi connectivity index (χ2n) is 5.13. The maximum atomic E-state index is 11.7. The Balaban J connectivity index is 2.49. The van der Waals surface area contributed by atoms with E-state index in [1.807, 2.05) is 38.1 Å². The van der Waals surface area contributed by atoms with Gasteiger partial charge in [0.15, 0.2) is 0 Å². The third-order valence-electron chi connectivity index (χ3n) is 2.69. The Morgan fingerprint density at radius 2 is 2.17 bits per heavy atom. The predicted molar refractivity (Wildman–Crippen MR) is 70.6 cm³/mol. The van der Waals surface area contributed by atoms with E-state index in [0.29, 0.717) is 13.0 Å². The minimum atomic E-state index is -0.288. The Morgan fingerprint density at radius 1 is 1.44 bits per heavy atom. The standard InChI is InChI=1S/C14H21NO3/c1-14(2,10-16)9-15-13(17)8-11-5-4-6-12(7-11)18-3/h4-7,16H,8-10H2,1-3H3,(H,15,17). The quantitative estimate of drug-likeness (QED) is 0.803. The summed E-state index contributed by atoms with van der Waals surface area (Å²) in [5.74, 6) is 0.695. The molecule has 0 fully saturated rings. The highest BCUT2D eigenvalue weighted by atomic mass is 16.5. The molecule has 2 N–H and O–H groups in total. The van der Waals surface area contributed by atoms with Crippen LogP contribution in [0.25, 0.3) is 0 Å². The summed E-state index contributed by atoms with van der Waals surface area (Å²) in [5.41, 5.74) is 0.623. The summed E-state index contributed by atoms with van der Waals surface area (Å²) in [7, 11) is 1.60. The maximum Gasteiger partial charge on any atom is 0.224 e. The van der Waals surface area contributed by atoms with Gasteiger partial charge in [-0.15, -0.1) is 0 Å². The minimum Gasteiger partial charge on any atom is -0.497 e. The number of rotatable bonds is 6. The third-order valence-corrected chi connectivity index (χ3v) is 2.69. The van der Waals surface area contributed by atoms with Crippen LogP contribution in [0.15, 0.2) is 24.3 Å². The number of aliphatic hydroxyl groups excluding tert-OH is 1. The molecule has 1 aromatic carbocycles. The first-order valence-corrected chi connectivity index (χ1v) is 5.97. The average molecular weight is 251 g/mol. The summed E-state index contributed by atoms with van der Waals surface area (Å²) in [5, 5.41) is 11.9. The molecule has 0 saturated heterocycles. The van der Waals surface area contributed by atoms with Crippen LogP contribution in [0.2, 0.25) is 0 Å². The van der Waals surface area contributed by atoms with Crippen LogP contribution in [0.1, 0.15) is 19.4 Å². The molecule has 100 valence electrons. The van der Waals surface area contributed by atoms with Crippen LogP contribution in [0, 0.1) is 5.41 Å². The van der Waals surface area contributed by atoms with Crippen LogP contribution in [0.5, 0.6) is 5.75 Å². The number of carbonyl (C=O) groups excluding carboxylic acids is 1. The van der Waals surface area contributed by atoms with Gasteiger partial charge in [0, 0.05) is 18.6 Å². The van der Waals surface area contributed by atoms with Gasteiger partial charge in [0.05, 0.1) is 13.5 Å². The lowest BCUT2D eigenvalue weighted by Gasteiger charge is -2.21. The van der Waals surface area contributed by atoms with E-state index in [-0.39, 0.29) is 17.9 Å². The maximum absolute atomic E-state index is 11.7. The summed E-state index contributed by atoms with van der Waals surface area (Å²) in [4.78, 5) is 11.7. The number of hydrogen-bond donors (Lipinski definition) is 2. The number of methoxy groups -OCH3 is 1. The molecule has 18 heavy (non-hydrogen) atoms. The normalized spacial score (nSPS) is 11.1. The zero-order valence-corrected chi connectivity index (χ0v) is 11.2. The van der Waals surface area contributed by atoms with E-state index in [2.05, 4.69) is 5.32 Å². The van der Waals surface area contributed by atoms with Gasteiger partial charge in [-0.05, 0) is 17.7 Å². The summed E-state index contributed by atoms with van der Waals surface area (Å²) < 4.78 is 5.10. The fourth-order valence-corrected chi connectivity index (χ4v) is 1.42. The topological polar surface area (TPSA) is 58.6 Å². The van der Waals surface area contributed by atoms with Crippen LogP contribution in [0.3, 0.4) is 0 Å². The fraction of sp³-hybridized carbons (Fsp3) is 0.500. The lowest BCUT2D eigenvalue weighted by atomic mass is 9.95. The molecule has 0 radical (unpaired) electrons. The molecular weight excluding hydrogens is 230 g/mol. The number of amides is 1. The lowest BCUT2D eigenvalue weighted by molar-refractivity contribution is -0.121. The Morgan fingerprint density at radius 3 is 2.78 bits per heavy atom. The molecule has 1 amide bonds. The van der Waals surface area contributed by atoms with Crippen molar-refractivity contribution < 1.29 is 14.6 Å². The molecule has 0 bridgehead atoms. The second-order valence-corrected chi connectivity index (χ2v) is 5.13. The predicted octanol–water partition coefficient (Wildman–Crippen LogP) is 1.37. The van der Waals surface area contributed by atoms with Crippen molar-refractivity contribution in [2.45, 2.75) is 20.3 Å². The molecule has 0 aliphatic carbocycles. The number of benzene rings is 1. The highest BCUT2D eigenvalue weighted by Crippen LogP contribution is 2.14. The van der Waals surface area contributed by atoms with Crippen molar-refractivity contribution in [2.75, 3.05) is 20.3 Å². The molecule has 0 aliphatic heterocycles. The van der Waals surface area contributed by atoms with Gasteiger partial charge in [0.2, 0.25) is 5.91 Å². The van der Waals surface area contributed by atoms with Gasteiger partial charge in [-0.1, -0.05) is 26.0 Å². The van der Waals surface area contributed by atoms with Crippen molar-refractivity contribution >= 4 is 5.91 Å². The van der Waals surface area contributed by atoms with Crippen molar-refractivity contribution in [1.29, 1.82) is 0 Å². The molecule has 0 aliphatic rings. The van der Waals surface area contributed by atoms with E-state index in [4.69, 9.17) is 9.84 Å². The fourth-order valence-electron chi connectivity index (χ4n) is 1.42. The monoisotopic (exact) mass is 251 g/mol. The largest absolute Gasteiger partial charge is 0.497 e. The van der Waals surface area contributed by atoms with Gasteiger partial charge in [-0.2, -0.15) is 0 Å². The van der Waals surface area contributed by atoms with Crippen molar-refractivity contribution in [3.8, 4) is 5.75 Å². The van der Waals surface area contributed by atoms with E-state index in [9.17, 15) is 4.79 Å². The molecule has 4 heteroatoms. The smallest absolute Gasteiger partial charge is 0.224 e. The summed E-state index contributed by atoms with van der Waals surface area (Å²) in [6.45, 7) is 4.32. The third kappa shape index (κ3) is 4.75. The van der Waals surface area contributed by atoms with Crippen molar-refractivity contribution in [3.63, 3.8) is 0 Å². The molecule has 1 rings (SSSR count). The van der Waals surface area contributed by atoms with Gasteiger partial charge in [0.25, 0.3) is 0 Å². The van der Waals surface area contributed by atoms with Gasteiger partial charge in [-0.25, -0.2) is 0 Å². The Labute approximate surface area is 108 Å². The van der Waals surface area contributed by atoms with E-state index in [1.165, 1.54) is 0 Å². The van der Waals surface area contributed by atoms with E-state index in [0.717, 1.165) is 11.3 Å². The van der Waals surface area contributed by atoms with Gasteiger partial charge >= 0.3 is 0 Å². The second kappa shape index (κ2) is 6.40. The zero-order chi connectivity index (χ0) is 13.6. The highest BCUT2D eigenvalue weighted by molar-refractivity contribution is 5.78. The van der Waals surface area contributed by atoms with Gasteiger partial charge < -0.3 is 15.2 Å². The van der Waals surface area contributed by atoms with Crippen LogP contribution < -0.4 is 10.1 Å². The molecule has 4 nitrogen and oxygen atoms in total.